The molecule has 0 rings (SSSR count). The molecule has 0 aromatic rings. The van der Waals surface area contributed by atoms with E-state index in [2.05, 4.69) is 18.8 Å². The van der Waals surface area contributed by atoms with E-state index in [0.717, 1.165) is 12.8 Å². The normalized spacial score (nSPS) is 11.6. The Hall–Kier alpha value is -1.01. The van der Waals surface area contributed by atoms with Crippen LogP contribution in [0.5, 0.6) is 0 Å². The molecule has 0 aromatic heterocycles. The second-order valence-corrected chi connectivity index (χ2v) is 3.58. The summed E-state index contributed by atoms with van der Waals surface area (Å²) in [7, 11) is 0. The average molecular weight is 212 g/mol. The highest BCUT2D eigenvalue weighted by Gasteiger charge is 2.02. The van der Waals surface area contributed by atoms with Crippen LogP contribution < -0.4 is 0 Å². The lowest BCUT2D eigenvalue weighted by atomic mass is 10.1. The number of aliphatic carboxylic acids is 1. The molecule has 0 amide bonds. The molecular formula is C12H20O3. The van der Waals surface area contributed by atoms with Crippen LogP contribution in [0.1, 0.15) is 51.9 Å². The summed E-state index contributed by atoms with van der Waals surface area (Å²) in [6, 6.07) is 0. The van der Waals surface area contributed by atoms with E-state index in [-0.39, 0.29) is 12.8 Å². The summed E-state index contributed by atoms with van der Waals surface area (Å²) in [5.41, 5.74) is 0. The van der Waals surface area contributed by atoms with E-state index in [9.17, 15) is 9.90 Å². The van der Waals surface area contributed by atoms with Gasteiger partial charge in [0.1, 0.15) is 6.10 Å². The zero-order valence-corrected chi connectivity index (χ0v) is 9.33. The van der Waals surface area contributed by atoms with Gasteiger partial charge >= 0.3 is 5.97 Å². The van der Waals surface area contributed by atoms with Crippen molar-refractivity contribution in [2.45, 2.75) is 58.0 Å². The zero-order chi connectivity index (χ0) is 11.5. The molecule has 0 spiro atoms. The van der Waals surface area contributed by atoms with Gasteiger partial charge in [-0.2, -0.15) is 0 Å². The van der Waals surface area contributed by atoms with Crippen molar-refractivity contribution in [3.05, 3.63) is 0 Å². The second kappa shape index (κ2) is 9.54. The minimum atomic E-state index is -0.890. The minimum Gasteiger partial charge on any atom is -0.481 e. The Bertz CT molecular complexity index is 225. The van der Waals surface area contributed by atoms with Gasteiger partial charge in [0, 0.05) is 12.8 Å². The van der Waals surface area contributed by atoms with Crippen LogP contribution in [0, 0.1) is 11.8 Å². The molecule has 3 heteroatoms. The van der Waals surface area contributed by atoms with Gasteiger partial charge in [0.15, 0.2) is 0 Å². The Morgan fingerprint density at radius 2 is 2.07 bits per heavy atom. The lowest BCUT2D eigenvalue weighted by molar-refractivity contribution is -0.137. The fourth-order valence-electron chi connectivity index (χ4n) is 1.16. The summed E-state index contributed by atoms with van der Waals surface area (Å²) < 4.78 is 0. The number of carboxylic acids is 1. The van der Waals surface area contributed by atoms with Crippen LogP contribution in [0.25, 0.3) is 0 Å². The van der Waals surface area contributed by atoms with Gasteiger partial charge in [-0.3, -0.25) is 4.79 Å². The van der Waals surface area contributed by atoms with E-state index in [0.29, 0.717) is 0 Å². The Morgan fingerprint density at radius 1 is 1.33 bits per heavy atom. The molecule has 0 saturated carbocycles. The highest BCUT2D eigenvalue weighted by atomic mass is 16.4. The van der Waals surface area contributed by atoms with Gasteiger partial charge in [0.2, 0.25) is 0 Å². The van der Waals surface area contributed by atoms with Crippen molar-refractivity contribution < 1.29 is 15.0 Å². The Morgan fingerprint density at radius 3 is 2.67 bits per heavy atom. The van der Waals surface area contributed by atoms with Crippen molar-refractivity contribution >= 4 is 5.97 Å². The molecular weight excluding hydrogens is 192 g/mol. The predicted octanol–water partition coefficient (Wildman–Crippen LogP) is 2.19. The molecule has 0 unspecified atom stereocenters. The van der Waals surface area contributed by atoms with Crippen molar-refractivity contribution in [3.8, 4) is 11.8 Å². The molecule has 3 nitrogen and oxygen atoms in total. The molecule has 0 aliphatic carbocycles. The van der Waals surface area contributed by atoms with E-state index in [4.69, 9.17) is 5.11 Å². The Kier molecular flexibility index (Phi) is 8.90. The molecule has 15 heavy (non-hydrogen) atoms. The summed E-state index contributed by atoms with van der Waals surface area (Å²) in [6.45, 7) is 2.15. The first-order valence-electron chi connectivity index (χ1n) is 5.55. The maximum absolute atomic E-state index is 10.2. The first-order chi connectivity index (χ1) is 7.16. The van der Waals surface area contributed by atoms with Gasteiger partial charge in [0.25, 0.3) is 0 Å². The molecule has 0 aromatic carbocycles. The van der Waals surface area contributed by atoms with Crippen LogP contribution in [0.15, 0.2) is 0 Å². The van der Waals surface area contributed by atoms with Gasteiger partial charge in [-0.25, -0.2) is 0 Å². The quantitative estimate of drug-likeness (QED) is 0.502. The fourth-order valence-corrected chi connectivity index (χ4v) is 1.16. The number of hydrogen-bond donors (Lipinski definition) is 2. The number of unbranched alkanes of at least 4 members (excludes halogenated alkanes) is 4. The van der Waals surface area contributed by atoms with Crippen molar-refractivity contribution in [2.75, 3.05) is 0 Å². The summed E-state index contributed by atoms with van der Waals surface area (Å²) in [4.78, 5) is 10.2. The molecule has 0 radical (unpaired) electrons. The fraction of sp³-hybridized carbons (Fsp3) is 0.750. The van der Waals surface area contributed by atoms with Crippen LogP contribution in [0.3, 0.4) is 0 Å². The number of carboxylic acid groups (broad SMARTS) is 1. The third kappa shape index (κ3) is 10.9. The van der Waals surface area contributed by atoms with Gasteiger partial charge in [-0.05, 0) is 12.8 Å². The monoisotopic (exact) mass is 212 g/mol. The van der Waals surface area contributed by atoms with Gasteiger partial charge < -0.3 is 10.2 Å². The number of aliphatic hydroxyl groups is 1. The molecule has 0 aliphatic rings. The Balaban J connectivity index is 3.45. The van der Waals surface area contributed by atoms with Crippen LogP contribution in [-0.2, 0) is 4.79 Å². The average Bonchev–Trinajstić information content (AvgIpc) is 2.20. The maximum atomic E-state index is 10.2. The molecule has 0 bridgehead atoms. The lowest BCUT2D eigenvalue weighted by Gasteiger charge is -1.98. The highest BCUT2D eigenvalue weighted by molar-refractivity contribution is 5.66. The number of aliphatic hydroxyl groups excluding tert-OH is 1. The van der Waals surface area contributed by atoms with Crippen molar-refractivity contribution in [2.24, 2.45) is 0 Å². The molecule has 0 fully saturated rings. The predicted molar refractivity (Wildman–Crippen MR) is 59.4 cm³/mol. The van der Waals surface area contributed by atoms with Gasteiger partial charge in [-0.1, -0.05) is 32.1 Å². The third-order valence-corrected chi connectivity index (χ3v) is 2.06. The van der Waals surface area contributed by atoms with Crippen molar-refractivity contribution in [1.29, 1.82) is 0 Å². The smallest absolute Gasteiger partial charge is 0.303 e. The highest BCUT2D eigenvalue weighted by Crippen LogP contribution is 2.01. The first kappa shape index (κ1) is 14.0. The van der Waals surface area contributed by atoms with Crippen molar-refractivity contribution in [1.82, 2.24) is 0 Å². The lowest BCUT2D eigenvalue weighted by Crippen LogP contribution is -2.06. The van der Waals surface area contributed by atoms with E-state index in [1.54, 1.807) is 0 Å². The Labute approximate surface area is 91.5 Å². The van der Waals surface area contributed by atoms with E-state index in [1.807, 2.05) is 0 Å². The summed E-state index contributed by atoms with van der Waals surface area (Å²) in [6.07, 6.45) is 4.88. The van der Waals surface area contributed by atoms with Crippen LogP contribution in [0.2, 0.25) is 0 Å². The minimum absolute atomic E-state index is 0.0221. The van der Waals surface area contributed by atoms with E-state index < -0.39 is 12.1 Å². The van der Waals surface area contributed by atoms with E-state index >= 15 is 0 Å². The van der Waals surface area contributed by atoms with Crippen LogP contribution >= 0.6 is 0 Å². The number of rotatable bonds is 7. The van der Waals surface area contributed by atoms with Gasteiger partial charge in [-0.15, -0.1) is 5.92 Å². The maximum Gasteiger partial charge on any atom is 0.303 e. The van der Waals surface area contributed by atoms with Crippen molar-refractivity contribution in [3.63, 3.8) is 0 Å². The topological polar surface area (TPSA) is 57.5 Å². The van der Waals surface area contributed by atoms with Gasteiger partial charge in [0.05, 0.1) is 0 Å². The molecule has 0 saturated heterocycles. The largest absolute Gasteiger partial charge is 0.481 e. The molecule has 0 heterocycles. The molecule has 86 valence electrons. The second-order valence-electron chi connectivity index (χ2n) is 3.58. The molecule has 2 N–H and O–H groups in total. The zero-order valence-electron chi connectivity index (χ0n) is 9.33. The summed E-state index contributed by atoms with van der Waals surface area (Å²) >= 11 is 0. The first-order valence-corrected chi connectivity index (χ1v) is 5.55. The van der Waals surface area contributed by atoms with Crippen LogP contribution in [-0.4, -0.2) is 22.3 Å². The molecule has 1 atom stereocenters. The van der Waals surface area contributed by atoms with E-state index in [1.165, 1.54) is 19.3 Å². The number of hydrogen-bond acceptors (Lipinski definition) is 2. The third-order valence-electron chi connectivity index (χ3n) is 2.06. The van der Waals surface area contributed by atoms with Crippen LogP contribution in [0.4, 0.5) is 0 Å². The summed E-state index contributed by atoms with van der Waals surface area (Å²) in [5.74, 6) is 4.64. The summed E-state index contributed by atoms with van der Waals surface area (Å²) in [5, 5.41) is 17.6. The molecule has 0 aliphatic heterocycles. The SMILES string of the molecule is CCCCCCC#C[C@H](O)CCC(=O)O. The standard InChI is InChI=1S/C12H20O3/c1-2-3-4-5-6-7-8-11(13)9-10-12(14)15/h11,13H,2-6,9-10H2,1H3,(H,14,15)/t11-/m0/s1. The number of carbonyl (C=O) groups is 1.